The van der Waals surface area contributed by atoms with Gasteiger partial charge in [0.1, 0.15) is 17.1 Å². The summed E-state index contributed by atoms with van der Waals surface area (Å²) in [4.78, 5) is 26.7. The number of hydrogen-bond acceptors (Lipinski definition) is 6. The van der Waals surface area contributed by atoms with Gasteiger partial charge in [-0.1, -0.05) is 17.2 Å². The largest absolute Gasteiger partial charge is 0.361 e. The van der Waals surface area contributed by atoms with Crippen LogP contribution < -0.4 is 5.32 Å². The van der Waals surface area contributed by atoms with Gasteiger partial charge in [-0.15, -0.1) is 0 Å². The quantitative estimate of drug-likeness (QED) is 0.830. The van der Waals surface area contributed by atoms with Crippen molar-refractivity contribution in [2.45, 2.75) is 46.5 Å². The van der Waals surface area contributed by atoms with Crippen LogP contribution in [0.4, 0.5) is 0 Å². The molecule has 1 aliphatic rings. The molecule has 1 saturated heterocycles. The fourth-order valence-electron chi connectivity index (χ4n) is 3.41. The van der Waals surface area contributed by atoms with E-state index in [1.54, 1.807) is 13.0 Å². The van der Waals surface area contributed by atoms with Crippen LogP contribution in [0.3, 0.4) is 0 Å². The predicted molar refractivity (Wildman–Crippen MR) is 97.2 cm³/mol. The molecule has 0 atom stereocenters. The Bertz CT molecular complexity index is 802. The van der Waals surface area contributed by atoms with E-state index >= 15 is 0 Å². The van der Waals surface area contributed by atoms with E-state index < -0.39 is 0 Å². The molecule has 8 heteroatoms. The zero-order valence-electron chi connectivity index (χ0n) is 16.1. The fourth-order valence-corrected chi connectivity index (χ4v) is 3.41. The minimum Gasteiger partial charge on any atom is -0.361 e. The number of carbonyl (C=O) groups excluding carboxylic acids is 2. The van der Waals surface area contributed by atoms with Gasteiger partial charge in [-0.05, 0) is 39.0 Å². The van der Waals surface area contributed by atoms with Gasteiger partial charge in [0.2, 0.25) is 5.91 Å². The van der Waals surface area contributed by atoms with Crippen molar-refractivity contribution in [1.82, 2.24) is 20.5 Å². The van der Waals surface area contributed by atoms with Crippen molar-refractivity contribution in [3.8, 4) is 0 Å². The standard InChI is InChI=1S/C19H26N4O4/c1-4-16-18(13(3)26-22-16)19(25)23-7-5-14(6-8-23)11-20-17(24)10-15-9-12(2)21-27-15/h9,14H,4-8,10-11H2,1-3H3,(H,20,24). The lowest BCUT2D eigenvalue weighted by molar-refractivity contribution is -0.121. The second-order valence-corrected chi connectivity index (χ2v) is 7.07. The molecular formula is C19H26N4O4. The van der Waals surface area contributed by atoms with Crippen molar-refractivity contribution in [3.05, 3.63) is 34.5 Å². The number of nitrogens with zero attached hydrogens (tertiary/aromatic N) is 3. The van der Waals surface area contributed by atoms with Gasteiger partial charge in [0.05, 0.1) is 17.8 Å². The zero-order chi connectivity index (χ0) is 19.4. The fraction of sp³-hybridized carbons (Fsp3) is 0.579. The third kappa shape index (κ3) is 4.56. The zero-order valence-corrected chi connectivity index (χ0v) is 16.1. The molecule has 8 nitrogen and oxygen atoms in total. The van der Waals surface area contributed by atoms with Gasteiger partial charge in [-0.25, -0.2) is 0 Å². The minimum absolute atomic E-state index is 0.00576. The average Bonchev–Trinajstić information content (AvgIpc) is 3.24. The maximum Gasteiger partial charge on any atom is 0.259 e. The highest BCUT2D eigenvalue weighted by atomic mass is 16.5. The first-order valence-corrected chi connectivity index (χ1v) is 9.41. The predicted octanol–water partition coefficient (Wildman–Crippen LogP) is 2.05. The van der Waals surface area contributed by atoms with Crippen LogP contribution in [0.5, 0.6) is 0 Å². The molecule has 0 aromatic carbocycles. The number of rotatable bonds is 6. The normalized spacial score (nSPS) is 15.1. The Labute approximate surface area is 158 Å². The van der Waals surface area contributed by atoms with E-state index in [-0.39, 0.29) is 18.2 Å². The molecule has 0 radical (unpaired) electrons. The molecular weight excluding hydrogens is 348 g/mol. The summed E-state index contributed by atoms with van der Waals surface area (Å²) in [7, 11) is 0. The number of aromatic nitrogens is 2. The van der Waals surface area contributed by atoms with Gasteiger partial charge in [-0.3, -0.25) is 9.59 Å². The van der Waals surface area contributed by atoms with Gasteiger partial charge in [0.25, 0.3) is 5.91 Å². The first-order valence-electron chi connectivity index (χ1n) is 9.41. The summed E-state index contributed by atoms with van der Waals surface area (Å²) < 4.78 is 10.2. The molecule has 1 N–H and O–H groups in total. The van der Waals surface area contributed by atoms with Crippen molar-refractivity contribution in [1.29, 1.82) is 0 Å². The minimum atomic E-state index is -0.0719. The first kappa shape index (κ1) is 19.1. The number of nitrogens with one attached hydrogen (secondary N) is 1. The summed E-state index contributed by atoms with van der Waals surface area (Å²) >= 11 is 0. The molecule has 3 heterocycles. The van der Waals surface area contributed by atoms with Crippen LogP contribution in [0.2, 0.25) is 0 Å². The van der Waals surface area contributed by atoms with Crippen LogP contribution >= 0.6 is 0 Å². The monoisotopic (exact) mass is 374 g/mol. The Morgan fingerprint density at radius 2 is 1.96 bits per heavy atom. The Kier molecular flexibility index (Phi) is 5.93. The van der Waals surface area contributed by atoms with E-state index in [1.165, 1.54) is 0 Å². The highest BCUT2D eigenvalue weighted by molar-refractivity contribution is 5.96. The van der Waals surface area contributed by atoms with Gasteiger partial charge in [-0.2, -0.15) is 0 Å². The topological polar surface area (TPSA) is 101 Å². The number of piperidine rings is 1. The summed E-state index contributed by atoms with van der Waals surface area (Å²) in [6, 6.07) is 1.76. The maximum atomic E-state index is 12.8. The molecule has 1 aliphatic heterocycles. The van der Waals surface area contributed by atoms with Crippen LogP contribution in [0.15, 0.2) is 15.1 Å². The van der Waals surface area contributed by atoms with Crippen LogP contribution in [0.1, 0.15) is 53.0 Å². The molecule has 0 aliphatic carbocycles. The Hall–Kier alpha value is -2.64. The Morgan fingerprint density at radius 1 is 1.22 bits per heavy atom. The number of carbonyl (C=O) groups is 2. The van der Waals surface area contributed by atoms with Crippen molar-refractivity contribution in [2.75, 3.05) is 19.6 Å². The molecule has 0 unspecified atom stereocenters. The summed E-state index contributed by atoms with van der Waals surface area (Å²) in [5.41, 5.74) is 2.09. The average molecular weight is 374 g/mol. The molecule has 3 rings (SSSR count). The number of aryl methyl sites for hydroxylation is 3. The lowest BCUT2D eigenvalue weighted by Gasteiger charge is -2.32. The molecule has 2 aromatic heterocycles. The van der Waals surface area contributed by atoms with Crippen molar-refractivity contribution >= 4 is 11.8 Å². The summed E-state index contributed by atoms with van der Waals surface area (Å²) in [6.45, 7) is 7.52. The molecule has 0 spiro atoms. The van der Waals surface area contributed by atoms with Gasteiger partial charge in [0, 0.05) is 25.7 Å². The van der Waals surface area contributed by atoms with Crippen LogP contribution in [-0.2, 0) is 17.6 Å². The lowest BCUT2D eigenvalue weighted by Crippen LogP contribution is -2.42. The second-order valence-electron chi connectivity index (χ2n) is 7.07. The Balaban J connectivity index is 1.45. The molecule has 0 bridgehead atoms. The third-order valence-electron chi connectivity index (χ3n) is 4.98. The molecule has 146 valence electrons. The Morgan fingerprint density at radius 3 is 2.59 bits per heavy atom. The highest BCUT2D eigenvalue weighted by Gasteiger charge is 2.28. The molecule has 2 aromatic rings. The molecule has 0 saturated carbocycles. The third-order valence-corrected chi connectivity index (χ3v) is 4.98. The van der Waals surface area contributed by atoms with Crippen molar-refractivity contribution in [2.24, 2.45) is 5.92 Å². The molecule has 27 heavy (non-hydrogen) atoms. The van der Waals surface area contributed by atoms with E-state index in [2.05, 4.69) is 15.6 Å². The highest BCUT2D eigenvalue weighted by Crippen LogP contribution is 2.22. The number of likely N-dealkylation sites (tertiary alicyclic amines) is 1. The van der Waals surface area contributed by atoms with E-state index in [4.69, 9.17) is 9.05 Å². The van der Waals surface area contributed by atoms with E-state index in [9.17, 15) is 9.59 Å². The first-order chi connectivity index (χ1) is 13.0. The summed E-state index contributed by atoms with van der Waals surface area (Å²) in [5, 5.41) is 10.7. The SMILES string of the molecule is CCc1noc(C)c1C(=O)N1CCC(CNC(=O)Cc2cc(C)no2)CC1. The molecule has 1 fully saturated rings. The van der Waals surface area contributed by atoms with E-state index in [0.717, 1.165) is 24.2 Å². The smallest absolute Gasteiger partial charge is 0.259 e. The van der Waals surface area contributed by atoms with Crippen molar-refractivity contribution < 1.29 is 18.6 Å². The van der Waals surface area contributed by atoms with Gasteiger partial charge in [0.15, 0.2) is 0 Å². The van der Waals surface area contributed by atoms with Gasteiger partial charge < -0.3 is 19.3 Å². The van der Waals surface area contributed by atoms with Crippen molar-refractivity contribution in [3.63, 3.8) is 0 Å². The summed E-state index contributed by atoms with van der Waals surface area (Å²) in [6.07, 6.45) is 2.59. The number of hydrogen-bond donors (Lipinski definition) is 1. The van der Waals surface area contributed by atoms with Crippen LogP contribution in [0, 0.1) is 19.8 Å². The lowest BCUT2D eigenvalue weighted by atomic mass is 9.96. The maximum absolute atomic E-state index is 12.8. The van der Waals surface area contributed by atoms with Crippen LogP contribution in [0.25, 0.3) is 0 Å². The van der Waals surface area contributed by atoms with E-state index in [0.29, 0.717) is 49.1 Å². The second kappa shape index (κ2) is 8.37. The number of amides is 2. The van der Waals surface area contributed by atoms with E-state index in [1.807, 2.05) is 18.7 Å². The van der Waals surface area contributed by atoms with Gasteiger partial charge >= 0.3 is 0 Å². The van der Waals surface area contributed by atoms with Crippen LogP contribution in [-0.4, -0.2) is 46.7 Å². The molecule has 2 amide bonds. The summed E-state index contributed by atoms with van der Waals surface area (Å²) in [5.74, 6) is 1.44.